The Bertz CT molecular complexity index is 979. The van der Waals surface area contributed by atoms with Gasteiger partial charge >= 0.3 is 0 Å². The largest absolute Gasteiger partial charge is 0.393 e. The predicted octanol–water partition coefficient (Wildman–Crippen LogP) is 3.52. The molecule has 4 rings (SSSR count). The molecule has 1 aliphatic rings. The second-order valence-electron chi connectivity index (χ2n) is 7.00. The van der Waals surface area contributed by atoms with E-state index in [9.17, 15) is 9.90 Å². The van der Waals surface area contributed by atoms with E-state index >= 15 is 0 Å². The summed E-state index contributed by atoms with van der Waals surface area (Å²) in [6.45, 7) is 3.89. The van der Waals surface area contributed by atoms with E-state index in [4.69, 9.17) is 0 Å². The van der Waals surface area contributed by atoms with Crippen LogP contribution in [0.1, 0.15) is 42.1 Å². The van der Waals surface area contributed by atoms with Crippen LogP contribution in [0, 0.1) is 0 Å². The maximum Gasteiger partial charge on any atom is 0.198 e. The maximum atomic E-state index is 11.6. The van der Waals surface area contributed by atoms with E-state index in [0.717, 1.165) is 33.1 Å². The summed E-state index contributed by atoms with van der Waals surface area (Å²) in [4.78, 5) is 17.1. The van der Waals surface area contributed by atoms with Gasteiger partial charge in [-0.1, -0.05) is 36.9 Å². The van der Waals surface area contributed by atoms with Crippen LogP contribution in [0.5, 0.6) is 0 Å². The lowest BCUT2D eigenvalue weighted by molar-refractivity contribution is -0.110. The lowest BCUT2D eigenvalue weighted by atomic mass is 9.96. The minimum Gasteiger partial charge on any atom is -0.393 e. The number of hydrogen-bond donors (Lipinski definition) is 1. The van der Waals surface area contributed by atoms with Gasteiger partial charge in [0.2, 0.25) is 0 Å². The summed E-state index contributed by atoms with van der Waals surface area (Å²) in [7, 11) is 0. The number of benzene rings is 1. The number of carbonyl (C=O) groups excluding carboxylic acids is 1. The molecule has 0 bridgehead atoms. The van der Waals surface area contributed by atoms with Crippen molar-refractivity contribution in [2.75, 3.05) is 0 Å². The zero-order chi connectivity index (χ0) is 19.0. The van der Waals surface area contributed by atoms with E-state index < -0.39 is 0 Å². The van der Waals surface area contributed by atoms with Crippen LogP contribution in [-0.4, -0.2) is 31.1 Å². The zero-order valence-electron chi connectivity index (χ0n) is 15.3. The van der Waals surface area contributed by atoms with Crippen LogP contribution < -0.4 is 0 Å². The van der Waals surface area contributed by atoms with Gasteiger partial charge in [0.15, 0.2) is 10.9 Å². The molecule has 2 aromatic heterocycles. The molecule has 138 valence electrons. The molecule has 5 nitrogen and oxygen atoms in total. The van der Waals surface area contributed by atoms with Crippen molar-refractivity contribution in [1.29, 1.82) is 0 Å². The van der Waals surface area contributed by atoms with E-state index in [2.05, 4.69) is 35.2 Å². The smallest absolute Gasteiger partial charge is 0.198 e. The summed E-state index contributed by atoms with van der Waals surface area (Å²) in [5, 5.41) is 14.4. The number of nitrogens with zero attached hydrogens (tertiary/aromatic N) is 3. The lowest BCUT2D eigenvalue weighted by Crippen LogP contribution is -2.06. The van der Waals surface area contributed by atoms with Crippen molar-refractivity contribution in [3.05, 3.63) is 71.2 Å². The molecule has 0 spiro atoms. The zero-order valence-corrected chi connectivity index (χ0v) is 16.1. The molecule has 0 radical (unpaired) electrons. The predicted molar refractivity (Wildman–Crippen MR) is 105 cm³/mol. The van der Waals surface area contributed by atoms with E-state index in [0.29, 0.717) is 12.8 Å². The summed E-state index contributed by atoms with van der Waals surface area (Å²) in [6, 6.07) is 12.1. The molecule has 0 fully saturated rings. The van der Waals surface area contributed by atoms with Crippen molar-refractivity contribution in [2.45, 2.75) is 43.6 Å². The third-order valence-corrected chi connectivity index (χ3v) is 5.75. The molecule has 2 atom stereocenters. The first-order chi connectivity index (χ1) is 13.0. The van der Waals surface area contributed by atoms with E-state index in [1.807, 2.05) is 24.4 Å². The van der Waals surface area contributed by atoms with Gasteiger partial charge in [0.25, 0.3) is 0 Å². The summed E-state index contributed by atoms with van der Waals surface area (Å²) >= 11 is 1.33. The molecule has 0 saturated carbocycles. The number of carbonyl (C=O) groups is 1. The van der Waals surface area contributed by atoms with Gasteiger partial charge in [0, 0.05) is 29.6 Å². The average molecular weight is 379 g/mol. The molecule has 1 aliphatic heterocycles. The van der Waals surface area contributed by atoms with Crippen LogP contribution in [0.25, 0.3) is 5.82 Å². The Morgan fingerprint density at radius 3 is 2.81 bits per heavy atom. The van der Waals surface area contributed by atoms with Gasteiger partial charge in [-0.25, -0.2) is 9.67 Å². The van der Waals surface area contributed by atoms with Crippen LogP contribution in [0.15, 0.2) is 53.7 Å². The Kier molecular flexibility index (Phi) is 4.85. The summed E-state index contributed by atoms with van der Waals surface area (Å²) in [6.07, 6.45) is 4.43. The fourth-order valence-electron chi connectivity index (χ4n) is 3.28. The molecule has 3 heterocycles. The molecule has 6 heteroatoms. The number of rotatable bonds is 5. The molecule has 0 aliphatic carbocycles. The molecular formula is C21H21N3O2S. The van der Waals surface area contributed by atoms with Gasteiger partial charge < -0.3 is 5.11 Å². The van der Waals surface area contributed by atoms with Crippen molar-refractivity contribution >= 4 is 16.9 Å². The number of fused-ring (bicyclic) bond motifs is 1. The molecule has 3 aromatic rings. The number of aliphatic hydroxyl groups excluding tert-OH is 1. The monoisotopic (exact) mass is 379 g/mol. The van der Waals surface area contributed by atoms with Crippen LogP contribution in [0.3, 0.4) is 0 Å². The summed E-state index contributed by atoms with van der Waals surface area (Å²) in [5.74, 6) is 0.875. The molecule has 0 saturated heterocycles. The van der Waals surface area contributed by atoms with Gasteiger partial charge in [-0.2, -0.15) is 5.10 Å². The number of hydrogen-bond acceptors (Lipinski definition) is 5. The Morgan fingerprint density at radius 2 is 2.07 bits per heavy atom. The first-order valence-corrected chi connectivity index (χ1v) is 9.83. The van der Waals surface area contributed by atoms with E-state index in [1.165, 1.54) is 11.8 Å². The van der Waals surface area contributed by atoms with Gasteiger partial charge in [-0.05, 0) is 48.2 Å². The third kappa shape index (κ3) is 3.82. The van der Waals surface area contributed by atoms with Gasteiger partial charge in [-0.3, -0.25) is 4.79 Å². The first kappa shape index (κ1) is 17.9. The molecule has 27 heavy (non-hydrogen) atoms. The highest BCUT2D eigenvalue weighted by molar-refractivity contribution is 8.14. The van der Waals surface area contributed by atoms with Gasteiger partial charge in [0.05, 0.1) is 11.8 Å². The maximum absolute atomic E-state index is 11.6. The van der Waals surface area contributed by atoms with Crippen LogP contribution >= 0.6 is 11.8 Å². The number of aromatic nitrogens is 3. The standard InChI is InChI=1S/C21H21N3O2S/c1-13(25)9-15-3-6-20(22-12-15)24-8-7-18(23-24)14(2)16-4-5-17-11-21(26)27-19(17)10-16/h3-8,10,12-14,25H,9,11H2,1-2H3/t13?,14-/m0/s1. The highest BCUT2D eigenvalue weighted by atomic mass is 32.2. The topological polar surface area (TPSA) is 68.0 Å². The van der Waals surface area contributed by atoms with Gasteiger partial charge in [0.1, 0.15) is 0 Å². The van der Waals surface area contributed by atoms with Gasteiger partial charge in [-0.15, -0.1) is 0 Å². The normalized spacial score (nSPS) is 15.6. The number of aliphatic hydroxyl groups is 1. The van der Waals surface area contributed by atoms with Crippen LogP contribution in [0.2, 0.25) is 0 Å². The third-order valence-electron chi connectivity index (χ3n) is 4.78. The fraction of sp³-hybridized carbons (Fsp3) is 0.286. The highest BCUT2D eigenvalue weighted by Gasteiger charge is 2.21. The van der Waals surface area contributed by atoms with Crippen molar-refractivity contribution in [2.24, 2.45) is 0 Å². The van der Waals surface area contributed by atoms with E-state index in [1.54, 1.807) is 17.8 Å². The average Bonchev–Trinajstić information content (AvgIpc) is 3.26. The van der Waals surface area contributed by atoms with Crippen LogP contribution in [0.4, 0.5) is 0 Å². The van der Waals surface area contributed by atoms with Crippen molar-refractivity contribution in [1.82, 2.24) is 14.8 Å². The summed E-state index contributed by atoms with van der Waals surface area (Å²) in [5.41, 5.74) is 4.23. The fourth-order valence-corrected chi connectivity index (χ4v) is 4.22. The minimum atomic E-state index is -0.379. The second-order valence-corrected chi connectivity index (χ2v) is 8.10. The second kappa shape index (κ2) is 7.29. The minimum absolute atomic E-state index is 0.127. The Morgan fingerprint density at radius 1 is 1.22 bits per heavy atom. The molecule has 1 N–H and O–H groups in total. The Balaban J connectivity index is 1.54. The summed E-state index contributed by atoms with van der Waals surface area (Å²) < 4.78 is 1.77. The number of pyridine rings is 1. The molecular weight excluding hydrogens is 358 g/mol. The molecule has 1 aromatic carbocycles. The van der Waals surface area contributed by atoms with E-state index in [-0.39, 0.29) is 17.1 Å². The molecule has 0 amide bonds. The van der Waals surface area contributed by atoms with Crippen molar-refractivity contribution < 1.29 is 9.90 Å². The molecule has 1 unspecified atom stereocenters. The van der Waals surface area contributed by atoms with Crippen molar-refractivity contribution in [3.63, 3.8) is 0 Å². The first-order valence-electron chi connectivity index (χ1n) is 9.02. The lowest BCUT2D eigenvalue weighted by Gasteiger charge is -2.11. The SMILES string of the molecule is CC(O)Cc1ccc(-n2ccc([C@@H](C)c3ccc4c(c3)SC(=O)C4)n2)nc1. The quantitative estimate of drug-likeness (QED) is 0.735. The Labute approximate surface area is 162 Å². The highest BCUT2D eigenvalue weighted by Crippen LogP contribution is 2.35. The van der Waals surface area contributed by atoms with Crippen molar-refractivity contribution in [3.8, 4) is 5.82 Å². The van der Waals surface area contributed by atoms with Crippen LogP contribution in [-0.2, 0) is 17.6 Å². The number of thioether (sulfide) groups is 1. The Hall–Kier alpha value is -2.44.